The first-order valence-corrected chi connectivity index (χ1v) is 5.89. The van der Waals surface area contributed by atoms with E-state index in [-0.39, 0.29) is 13.2 Å². The molecule has 2 aliphatic heterocycles. The summed E-state index contributed by atoms with van der Waals surface area (Å²) in [6.45, 7) is -0.456. The Morgan fingerprint density at radius 1 is 0.737 bits per heavy atom. The SMILES string of the molecule is OC1OC[C@@H](O[C@@H]2OC[C@@H](O)[C@@H](O)[C@@H]2O)[C@@H](O)[C@@H]1O. The minimum absolute atomic E-state index is 0.218. The van der Waals surface area contributed by atoms with Gasteiger partial charge in [-0.2, -0.15) is 0 Å². The summed E-state index contributed by atoms with van der Waals surface area (Å²) in [7, 11) is 0. The summed E-state index contributed by atoms with van der Waals surface area (Å²) >= 11 is 0. The van der Waals surface area contributed by atoms with E-state index in [0.717, 1.165) is 0 Å². The molecule has 0 saturated carbocycles. The van der Waals surface area contributed by atoms with Crippen LogP contribution < -0.4 is 0 Å². The smallest absolute Gasteiger partial charge is 0.186 e. The van der Waals surface area contributed by atoms with Crippen molar-refractivity contribution in [3.8, 4) is 0 Å². The maximum Gasteiger partial charge on any atom is 0.186 e. The van der Waals surface area contributed by atoms with Crippen LogP contribution in [0.3, 0.4) is 0 Å². The number of ether oxygens (including phenoxy) is 3. The Bertz CT molecular complexity index is 273. The van der Waals surface area contributed by atoms with Gasteiger partial charge in [0.15, 0.2) is 12.6 Å². The molecule has 0 aliphatic carbocycles. The zero-order valence-corrected chi connectivity index (χ0v) is 9.94. The van der Waals surface area contributed by atoms with Crippen molar-refractivity contribution in [3.63, 3.8) is 0 Å². The van der Waals surface area contributed by atoms with Crippen LogP contribution in [0.4, 0.5) is 0 Å². The van der Waals surface area contributed by atoms with Crippen LogP contribution in [-0.4, -0.2) is 93.1 Å². The monoisotopic (exact) mass is 282 g/mol. The van der Waals surface area contributed by atoms with Gasteiger partial charge in [-0.1, -0.05) is 0 Å². The Labute approximate surface area is 108 Å². The van der Waals surface area contributed by atoms with Gasteiger partial charge in [0.25, 0.3) is 0 Å². The van der Waals surface area contributed by atoms with Gasteiger partial charge in [-0.05, 0) is 0 Å². The minimum Gasteiger partial charge on any atom is -0.388 e. The van der Waals surface area contributed by atoms with E-state index in [1.54, 1.807) is 0 Å². The van der Waals surface area contributed by atoms with E-state index in [2.05, 4.69) is 0 Å². The van der Waals surface area contributed by atoms with Gasteiger partial charge in [0.05, 0.1) is 13.2 Å². The molecule has 0 amide bonds. The van der Waals surface area contributed by atoms with E-state index in [1.807, 2.05) is 0 Å². The highest BCUT2D eigenvalue weighted by molar-refractivity contribution is 4.87. The third kappa shape index (κ3) is 3.05. The van der Waals surface area contributed by atoms with Crippen LogP contribution in [0, 0.1) is 0 Å². The van der Waals surface area contributed by atoms with E-state index < -0.39 is 49.2 Å². The van der Waals surface area contributed by atoms with Crippen LogP contribution in [-0.2, 0) is 14.2 Å². The summed E-state index contributed by atoms with van der Waals surface area (Å²) in [5.74, 6) is 0. The number of hydrogen-bond donors (Lipinski definition) is 6. The number of aliphatic hydroxyl groups is 6. The molecule has 19 heavy (non-hydrogen) atoms. The summed E-state index contributed by atoms with van der Waals surface area (Å²) in [5.41, 5.74) is 0. The molecule has 0 aromatic carbocycles. The van der Waals surface area contributed by atoms with Crippen LogP contribution in [0.5, 0.6) is 0 Å². The molecule has 2 saturated heterocycles. The van der Waals surface area contributed by atoms with Crippen LogP contribution in [0.1, 0.15) is 0 Å². The van der Waals surface area contributed by atoms with E-state index >= 15 is 0 Å². The molecule has 0 aromatic rings. The lowest BCUT2D eigenvalue weighted by Gasteiger charge is -2.40. The minimum atomic E-state index is -1.55. The highest BCUT2D eigenvalue weighted by Gasteiger charge is 2.44. The standard InChI is InChI=1S/C10H18O9/c11-3-1-18-10(8(15)5(3)12)19-4-2-17-9(16)7(14)6(4)13/h3-16H,1-2H2/t3-,4-,5-,6-,7+,8+,9?,10+/m1/s1. The second-order valence-electron chi connectivity index (χ2n) is 4.63. The van der Waals surface area contributed by atoms with Crippen molar-refractivity contribution in [2.24, 2.45) is 0 Å². The lowest BCUT2D eigenvalue weighted by atomic mass is 10.0. The van der Waals surface area contributed by atoms with Crippen molar-refractivity contribution in [3.05, 3.63) is 0 Å². The molecule has 1 unspecified atom stereocenters. The molecule has 8 atom stereocenters. The summed E-state index contributed by atoms with van der Waals surface area (Å²) in [5, 5.41) is 56.6. The van der Waals surface area contributed by atoms with Crippen molar-refractivity contribution in [2.75, 3.05) is 13.2 Å². The zero-order valence-electron chi connectivity index (χ0n) is 9.94. The Morgan fingerprint density at radius 3 is 2.11 bits per heavy atom. The molecular formula is C10H18O9. The molecule has 9 nitrogen and oxygen atoms in total. The first-order valence-electron chi connectivity index (χ1n) is 5.89. The molecular weight excluding hydrogens is 264 g/mol. The average Bonchev–Trinajstić information content (AvgIpc) is 2.39. The van der Waals surface area contributed by atoms with Gasteiger partial charge in [-0.25, -0.2) is 0 Å². The van der Waals surface area contributed by atoms with E-state index in [1.165, 1.54) is 0 Å². The Morgan fingerprint density at radius 2 is 1.42 bits per heavy atom. The van der Waals surface area contributed by atoms with Crippen molar-refractivity contribution in [2.45, 2.75) is 49.2 Å². The highest BCUT2D eigenvalue weighted by atomic mass is 16.7. The Hall–Kier alpha value is -0.360. The molecule has 2 heterocycles. The quantitative estimate of drug-likeness (QED) is 0.297. The predicted molar refractivity (Wildman–Crippen MR) is 56.6 cm³/mol. The van der Waals surface area contributed by atoms with E-state index in [0.29, 0.717) is 0 Å². The first kappa shape index (κ1) is 15.0. The van der Waals surface area contributed by atoms with Crippen molar-refractivity contribution in [1.82, 2.24) is 0 Å². The fourth-order valence-electron chi connectivity index (χ4n) is 1.97. The van der Waals surface area contributed by atoms with E-state index in [4.69, 9.17) is 19.3 Å². The van der Waals surface area contributed by atoms with Gasteiger partial charge in [0, 0.05) is 0 Å². The van der Waals surface area contributed by atoms with E-state index in [9.17, 15) is 25.5 Å². The lowest BCUT2D eigenvalue weighted by Crippen LogP contribution is -2.59. The normalized spacial score (nSPS) is 52.1. The van der Waals surface area contributed by atoms with Crippen molar-refractivity contribution < 1.29 is 44.8 Å². The largest absolute Gasteiger partial charge is 0.388 e. The van der Waals surface area contributed by atoms with Gasteiger partial charge >= 0.3 is 0 Å². The summed E-state index contributed by atoms with van der Waals surface area (Å²) in [4.78, 5) is 0. The van der Waals surface area contributed by atoms with Gasteiger partial charge in [0.2, 0.25) is 0 Å². The van der Waals surface area contributed by atoms with Gasteiger partial charge in [-0.3, -0.25) is 0 Å². The maximum atomic E-state index is 9.68. The van der Waals surface area contributed by atoms with Crippen LogP contribution >= 0.6 is 0 Å². The van der Waals surface area contributed by atoms with Crippen molar-refractivity contribution >= 4 is 0 Å². The Kier molecular flexibility index (Phi) is 4.71. The number of hydrogen-bond acceptors (Lipinski definition) is 9. The number of aliphatic hydroxyl groups excluding tert-OH is 6. The molecule has 0 radical (unpaired) electrons. The maximum absolute atomic E-state index is 9.68. The zero-order chi connectivity index (χ0) is 14.2. The molecule has 9 heteroatoms. The fraction of sp³-hybridized carbons (Fsp3) is 1.00. The predicted octanol–water partition coefficient (Wildman–Crippen LogP) is -4.12. The molecule has 112 valence electrons. The van der Waals surface area contributed by atoms with Gasteiger partial charge < -0.3 is 44.8 Å². The van der Waals surface area contributed by atoms with Gasteiger partial charge in [-0.15, -0.1) is 0 Å². The van der Waals surface area contributed by atoms with Crippen LogP contribution in [0.2, 0.25) is 0 Å². The topological polar surface area (TPSA) is 149 Å². The second kappa shape index (κ2) is 5.95. The molecule has 0 spiro atoms. The molecule has 2 fully saturated rings. The third-order valence-corrected chi connectivity index (χ3v) is 3.22. The molecule has 2 rings (SSSR count). The molecule has 0 aromatic heterocycles. The third-order valence-electron chi connectivity index (χ3n) is 3.22. The first-order chi connectivity index (χ1) is 8.91. The number of rotatable bonds is 2. The molecule has 2 aliphatic rings. The molecule has 6 N–H and O–H groups in total. The Balaban J connectivity index is 1.94. The van der Waals surface area contributed by atoms with Crippen molar-refractivity contribution in [1.29, 1.82) is 0 Å². The van der Waals surface area contributed by atoms with Gasteiger partial charge in [0.1, 0.15) is 36.6 Å². The van der Waals surface area contributed by atoms with Crippen LogP contribution in [0.15, 0.2) is 0 Å². The average molecular weight is 282 g/mol. The van der Waals surface area contributed by atoms with Crippen LogP contribution in [0.25, 0.3) is 0 Å². The summed E-state index contributed by atoms with van der Waals surface area (Å²) in [6.07, 6.45) is -11.0. The highest BCUT2D eigenvalue weighted by Crippen LogP contribution is 2.22. The molecule has 0 bridgehead atoms. The second-order valence-corrected chi connectivity index (χ2v) is 4.63. The summed E-state index contributed by atoms with van der Waals surface area (Å²) < 4.78 is 15.0. The fourth-order valence-corrected chi connectivity index (χ4v) is 1.97. The lowest BCUT2D eigenvalue weighted by molar-refractivity contribution is -0.323. The summed E-state index contributed by atoms with van der Waals surface area (Å²) in [6, 6.07) is 0.